The molecule has 3 saturated heterocycles. The van der Waals surface area contributed by atoms with Crippen LogP contribution in [-0.4, -0.2) is 168 Å². The van der Waals surface area contributed by atoms with Crippen LogP contribution in [0, 0.1) is 0 Å². The Labute approximate surface area is 302 Å². The van der Waals surface area contributed by atoms with Crippen molar-refractivity contribution in [1.82, 2.24) is 0 Å². The smallest absolute Gasteiger partial charge is 0.331 e. The van der Waals surface area contributed by atoms with E-state index in [4.69, 9.17) is 33.2 Å². The molecule has 0 radical (unpaired) electrons. The molecule has 5 rings (SSSR count). The predicted molar refractivity (Wildman–Crippen MR) is 174 cm³/mol. The fraction of sp³-hybridized carbons (Fsp3) is 0.559. The number of esters is 1. The van der Waals surface area contributed by atoms with Gasteiger partial charge >= 0.3 is 5.97 Å². The molecule has 0 unspecified atom stereocenters. The summed E-state index contributed by atoms with van der Waals surface area (Å²) in [5, 5.41) is 112. The number of carbonyl (C=O) groups excluding carboxylic acids is 1. The van der Waals surface area contributed by atoms with Gasteiger partial charge in [0.2, 0.25) is 0 Å². The van der Waals surface area contributed by atoms with Gasteiger partial charge in [0.1, 0.15) is 54.9 Å². The summed E-state index contributed by atoms with van der Waals surface area (Å²) >= 11 is 0. The second-order valence-corrected chi connectivity index (χ2v) is 12.8. The molecule has 0 spiro atoms. The minimum atomic E-state index is -1.88. The van der Waals surface area contributed by atoms with Crippen molar-refractivity contribution in [2.75, 3.05) is 19.8 Å². The van der Waals surface area contributed by atoms with E-state index >= 15 is 0 Å². The monoisotopic (exact) mass is 756 g/mol. The van der Waals surface area contributed by atoms with Gasteiger partial charge in [0, 0.05) is 6.08 Å². The Morgan fingerprint density at radius 3 is 2.09 bits per heavy atom. The van der Waals surface area contributed by atoms with Crippen molar-refractivity contribution in [2.45, 2.75) is 99.4 Å². The number of aliphatic hydroxyl groups is 7. The Balaban J connectivity index is 1.48. The topological polar surface area (TPSA) is 304 Å². The van der Waals surface area contributed by atoms with E-state index in [1.807, 2.05) is 0 Å². The summed E-state index contributed by atoms with van der Waals surface area (Å²) in [6, 6.07) is 7.81. The van der Waals surface area contributed by atoms with Crippen LogP contribution in [0.4, 0.5) is 0 Å². The van der Waals surface area contributed by atoms with E-state index < -0.39 is 117 Å². The van der Waals surface area contributed by atoms with Crippen LogP contribution in [-0.2, 0) is 44.4 Å². The van der Waals surface area contributed by atoms with Crippen molar-refractivity contribution in [3.05, 3.63) is 53.6 Å². The first-order valence-corrected chi connectivity index (χ1v) is 16.6. The van der Waals surface area contributed by atoms with E-state index in [-0.39, 0.29) is 30.1 Å². The highest BCUT2D eigenvalue weighted by molar-refractivity contribution is 5.87. The average molecular weight is 757 g/mol. The molecule has 0 aromatic heterocycles. The van der Waals surface area contributed by atoms with Crippen molar-refractivity contribution in [1.29, 1.82) is 0 Å². The fourth-order valence-electron chi connectivity index (χ4n) is 5.93. The molecule has 14 atom stereocenters. The zero-order valence-corrected chi connectivity index (χ0v) is 28.2. The molecule has 2 aromatic carbocycles. The standard InChI is InChI=1S/C34H44O19/c1-14-24(42)26(44)28(46)33(49-14)52-30-29(51-23(41)7-4-15-2-5-17(36)19(38)10-15)22(12-35)50-34(47-9-8-16-3-6-18(37)20(39)11-16)31(30)53-32-27(45)25(43)21(40)13-48-32/h2-7,10-11,14,21-22,24-40,42-46H,8-9,12-13H2,1H3/b7-4+/t14-,21-,22+,24+,25+,26-,27+,28-,29+,30-,31+,32+,33+,34+/m1/s1. The van der Waals surface area contributed by atoms with Gasteiger partial charge in [-0.1, -0.05) is 12.1 Å². The summed E-state index contributed by atoms with van der Waals surface area (Å²) in [6.07, 6.45) is -20.4. The van der Waals surface area contributed by atoms with E-state index in [1.54, 1.807) is 0 Å². The molecule has 3 aliphatic heterocycles. The third kappa shape index (κ3) is 9.53. The number of benzene rings is 2. The molecule has 3 aliphatic rings. The van der Waals surface area contributed by atoms with E-state index in [0.29, 0.717) is 5.56 Å². The zero-order valence-electron chi connectivity index (χ0n) is 28.2. The zero-order chi connectivity index (χ0) is 38.6. The highest BCUT2D eigenvalue weighted by Crippen LogP contribution is 2.35. The van der Waals surface area contributed by atoms with Gasteiger partial charge in [0.05, 0.1) is 25.9 Å². The Morgan fingerprint density at radius 1 is 0.755 bits per heavy atom. The van der Waals surface area contributed by atoms with Gasteiger partial charge < -0.3 is 89.3 Å². The maximum Gasteiger partial charge on any atom is 0.331 e. The third-order valence-electron chi connectivity index (χ3n) is 8.99. The molecule has 3 heterocycles. The molecule has 0 amide bonds. The molecule has 3 fully saturated rings. The normalized spacial score (nSPS) is 36.4. The van der Waals surface area contributed by atoms with Gasteiger partial charge in [-0.05, 0) is 54.8 Å². The molecule has 53 heavy (non-hydrogen) atoms. The van der Waals surface area contributed by atoms with Gasteiger partial charge in [-0.2, -0.15) is 0 Å². The van der Waals surface area contributed by atoms with Crippen LogP contribution in [0.15, 0.2) is 42.5 Å². The Kier molecular flexibility index (Phi) is 13.5. The molecular formula is C34H44O19. The van der Waals surface area contributed by atoms with Crippen molar-refractivity contribution < 1.29 is 94.1 Å². The fourth-order valence-corrected chi connectivity index (χ4v) is 5.93. The van der Waals surface area contributed by atoms with E-state index in [0.717, 1.165) is 6.08 Å². The summed E-state index contributed by atoms with van der Waals surface area (Å²) in [5.41, 5.74) is 0.800. The third-order valence-corrected chi connectivity index (χ3v) is 8.99. The number of phenolic OH excluding ortho intramolecular Hbond substituents is 4. The number of aromatic hydroxyl groups is 4. The van der Waals surface area contributed by atoms with Crippen LogP contribution < -0.4 is 0 Å². The van der Waals surface area contributed by atoms with Crippen molar-refractivity contribution in [3.63, 3.8) is 0 Å². The summed E-state index contributed by atoms with van der Waals surface area (Å²) in [6.45, 7) is -0.101. The average Bonchev–Trinajstić information content (AvgIpc) is 3.13. The summed E-state index contributed by atoms with van der Waals surface area (Å²) in [4.78, 5) is 13.2. The highest BCUT2D eigenvalue weighted by atomic mass is 16.8. The molecule has 19 heteroatoms. The number of ether oxygens (including phenoxy) is 7. The molecular weight excluding hydrogens is 712 g/mol. The van der Waals surface area contributed by atoms with Crippen molar-refractivity contribution >= 4 is 12.0 Å². The van der Waals surface area contributed by atoms with E-state index in [2.05, 4.69) is 0 Å². The molecule has 294 valence electrons. The largest absolute Gasteiger partial charge is 0.504 e. The molecule has 2 aromatic rings. The number of aliphatic hydroxyl groups excluding tert-OH is 7. The summed E-state index contributed by atoms with van der Waals surface area (Å²) in [7, 11) is 0. The molecule has 11 N–H and O–H groups in total. The van der Waals surface area contributed by atoms with Crippen LogP contribution in [0.1, 0.15) is 18.1 Å². The van der Waals surface area contributed by atoms with Gasteiger partial charge in [-0.15, -0.1) is 0 Å². The minimum Gasteiger partial charge on any atom is -0.504 e. The van der Waals surface area contributed by atoms with Crippen LogP contribution in [0.2, 0.25) is 0 Å². The number of hydrogen-bond acceptors (Lipinski definition) is 19. The first-order valence-electron chi connectivity index (χ1n) is 16.6. The number of carbonyl (C=O) groups is 1. The second kappa shape index (κ2) is 17.6. The minimum absolute atomic E-state index is 0.116. The maximum absolute atomic E-state index is 13.2. The first-order chi connectivity index (χ1) is 25.2. The predicted octanol–water partition coefficient (Wildman–Crippen LogP) is -2.55. The van der Waals surface area contributed by atoms with E-state index in [1.165, 1.54) is 49.4 Å². The van der Waals surface area contributed by atoms with Gasteiger partial charge in [-0.25, -0.2) is 4.79 Å². The molecule has 19 nitrogen and oxygen atoms in total. The molecule has 0 bridgehead atoms. The number of phenols is 4. The van der Waals surface area contributed by atoms with Crippen LogP contribution >= 0.6 is 0 Å². The Hall–Kier alpha value is -3.67. The van der Waals surface area contributed by atoms with Crippen LogP contribution in [0.5, 0.6) is 23.0 Å². The first kappa shape index (κ1) is 40.5. The Morgan fingerprint density at radius 2 is 1.42 bits per heavy atom. The Bertz CT molecular complexity index is 1560. The quantitative estimate of drug-likeness (QED) is 0.0603. The second-order valence-electron chi connectivity index (χ2n) is 12.8. The van der Waals surface area contributed by atoms with Crippen molar-refractivity contribution in [3.8, 4) is 23.0 Å². The summed E-state index contributed by atoms with van der Waals surface area (Å²) < 4.78 is 40.9. The molecule has 0 aliphatic carbocycles. The van der Waals surface area contributed by atoms with Crippen molar-refractivity contribution in [2.24, 2.45) is 0 Å². The van der Waals surface area contributed by atoms with Gasteiger partial charge in [-0.3, -0.25) is 0 Å². The highest BCUT2D eigenvalue weighted by Gasteiger charge is 2.55. The van der Waals surface area contributed by atoms with Gasteiger partial charge in [0.25, 0.3) is 0 Å². The number of hydrogen-bond donors (Lipinski definition) is 11. The number of rotatable bonds is 12. The lowest BCUT2D eigenvalue weighted by molar-refractivity contribution is -0.385. The van der Waals surface area contributed by atoms with Crippen LogP contribution in [0.25, 0.3) is 6.08 Å². The van der Waals surface area contributed by atoms with Gasteiger partial charge in [0.15, 0.2) is 48.0 Å². The van der Waals surface area contributed by atoms with Crippen LogP contribution in [0.3, 0.4) is 0 Å². The maximum atomic E-state index is 13.2. The molecule has 0 saturated carbocycles. The lowest BCUT2D eigenvalue weighted by atomic mass is 9.96. The van der Waals surface area contributed by atoms with E-state index in [9.17, 15) is 61.0 Å². The SMILES string of the molecule is C[C@H]1O[C@@H](O[C@H]2[C@H](O[C@@H]3OC[C@@H](O)[C@H](O)[C@@H]3O)[C@@H](OCCc3ccc(O)c(O)c3)O[C@@H](CO)[C@@H]2OC(=O)/C=C/c2ccc(O)c(O)c2)[C@H](O)[C@H](O)[C@H]1O. The lowest BCUT2D eigenvalue weighted by Gasteiger charge is -2.49. The lowest BCUT2D eigenvalue weighted by Crippen LogP contribution is -2.67. The summed E-state index contributed by atoms with van der Waals surface area (Å²) in [5.74, 6) is -2.64.